The van der Waals surface area contributed by atoms with Gasteiger partial charge < -0.3 is 10.1 Å². The molecule has 0 aliphatic rings. The quantitative estimate of drug-likeness (QED) is 0.840. The molecule has 0 radical (unpaired) electrons. The Morgan fingerprint density at radius 3 is 2.73 bits per heavy atom. The topological polar surface area (TPSA) is 38.3 Å². The van der Waals surface area contributed by atoms with E-state index in [0.29, 0.717) is 11.4 Å². The van der Waals surface area contributed by atoms with Gasteiger partial charge in [-0.2, -0.15) is 12.6 Å². The summed E-state index contributed by atoms with van der Waals surface area (Å²) in [7, 11) is 1.58. The molecule has 82 valence electrons. The van der Waals surface area contributed by atoms with Crippen molar-refractivity contribution >= 4 is 40.2 Å². The molecular formula is C10H12BrNO2S. The first-order valence-electron chi connectivity index (χ1n) is 4.36. The Morgan fingerprint density at radius 1 is 1.53 bits per heavy atom. The third-order valence-electron chi connectivity index (χ3n) is 1.75. The van der Waals surface area contributed by atoms with Crippen molar-refractivity contribution in [2.75, 3.05) is 12.4 Å². The van der Waals surface area contributed by atoms with E-state index >= 15 is 0 Å². The molecule has 1 rings (SSSR count). The van der Waals surface area contributed by atoms with E-state index < -0.39 is 0 Å². The fraction of sp³-hybridized carbons (Fsp3) is 0.300. The van der Waals surface area contributed by atoms with Gasteiger partial charge in [-0.15, -0.1) is 0 Å². The maximum Gasteiger partial charge on any atom is 0.236 e. The molecule has 0 saturated heterocycles. The number of rotatable bonds is 3. The molecule has 1 unspecified atom stereocenters. The van der Waals surface area contributed by atoms with Crippen LogP contribution >= 0.6 is 28.6 Å². The van der Waals surface area contributed by atoms with Gasteiger partial charge in [0.2, 0.25) is 5.91 Å². The van der Waals surface area contributed by atoms with Crippen molar-refractivity contribution in [2.24, 2.45) is 0 Å². The zero-order chi connectivity index (χ0) is 11.4. The first-order valence-corrected chi connectivity index (χ1v) is 5.67. The molecule has 0 bridgehead atoms. The lowest BCUT2D eigenvalue weighted by Crippen LogP contribution is -2.20. The number of nitrogens with one attached hydrogen (secondary N) is 1. The minimum Gasteiger partial charge on any atom is -0.497 e. The van der Waals surface area contributed by atoms with Crippen LogP contribution in [0.1, 0.15) is 6.92 Å². The van der Waals surface area contributed by atoms with Crippen LogP contribution in [0.4, 0.5) is 5.69 Å². The largest absolute Gasteiger partial charge is 0.497 e. The van der Waals surface area contributed by atoms with Crippen molar-refractivity contribution in [3.05, 3.63) is 22.7 Å². The molecule has 0 aliphatic heterocycles. The van der Waals surface area contributed by atoms with Crippen molar-refractivity contribution in [3.63, 3.8) is 0 Å². The van der Waals surface area contributed by atoms with E-state index in [4.69, 9.17) is 4.74 Å². The molecule has 0 spiro atoms. The molecule has 1 N–H and O–H groups in total. The SMILES string of the molecule is COc1cc(Br)cc(NC(=O)C(C)S)c1. The fourth-order valence-electron chi connectivity index (χ4n) is 0.999. The molecule has 0 aliphatic carbocycles. The van der Waals surface area contributed by atoms with Crippen LogP contribution in [0.2, 0.25) is 0 Å². The van der Waals surface area contributed by atoms with Crippen molar-refractivity contribution in [2.45, 2.75) is 12.2 Å². The lowest BCUT2D eigenvalue weighted by molar-refractivity contribution is -0.115. The van der Waals surface area contributed by atoms with Gasteiger partial charge in [-0.25, -0.2) is 0 Å². The monoisotopic (exact) mass is 289 g/mol. The summed E-state index contributed by atoms with van der Waals surface area (Å²) in [6, 6.07) is 5.37. The molecule has 0 saturated carbocycles. The Kier molecular flexibility index (Phi) is 4.47. The van der Waals surface area contributed by atoms with Crippen LogP contribution in [-0.2, 0) is 4.79 Å². The summed E-state index contributed by atoms with van der Waals surface area (Å²) < 4.78 is 5.93. The zero-order valence-corrected chi connectivity index (χ0v) is 10.9. The molecule has 15 heavy (non-hydrogen) atoms. The number of methoxy groups -OCH3 is 1. The minimum atomic E-state index is -0.338. The summed E-state index contributed by atoms with van der Waals surface area (Å²) in [5, 5.41) is 2.39. The van der Waals surface area contributed by atoms with Gasteiger partial charge in [0.1, 0.15) is 5.75 Å². The van der Waals surface area contributed by atoms with E-state index in [0.717, 1.165) is 4.47 Å². The number of hydrogen-bond donors (Lipinski definition) is 2. The highest BCUT2D eigenvalue weighted by atomic mass is 79.9. The third-order valence-corrected chi connectivity index (χ3v) is 2.45. The summed E-state index contributed by atoms with van der Waals surface area (Å²) in [5.41, 5.74) is 0.687. The van der Waals surface area contributed by atoms with E-state index in [1.807, 2.05) is 6.07 Å². The first kappa shape index (κ1) is 12.4. The Labute approximate surface area is 103 Å². The van der Waals surface area contributed by atoms with Crippen LogP contribution in [0.5, 0.6) is 5.75 Å². The van der Waals surface area contributed by atoms with Crippen LogP contribution in [0, 0.1) is 0 Å². The predicted octanol–water partition coefficient (Wildman–Crippen LogP) is 2.71. The summed E-state index contributed by atoms with van der Waals surface area (Å²) >= 11 is 7.37. The minimum absolute atomic E-state index is 0.140. The van der Waals surface area contributed by atoms with Crippen molar-refractivity contribution in [1.29, 1.82) is 0 Å². The Morgan fingerprint density at radius 2 is 2.20 bits per heavy atom. The standard InChI is InChI=1S/C10H12BrNO2S/c1-6(15)10(13)12-8-3-7(11)4-9(5-8)14-2/h3-6,15H,1-2H3,(H,12,13). The second kappa shape index (κ2) is 5.42. The summed E-state index contributed by atoms with van der Waals surface area (Å²) in [5.74, 6) is 0.546. The average molecular weight is 290 g/mol. The first-order chi connectivity index (χ1) is 7.02. The molecule has 0 aromatic heterocycles. The molecule has 1 aromatic carbocycles. The van der Waals surface area contributed by atoms with Crippen molar-refractivity contribution in [1.82, 2.24) is 0 Å². The van der Waals surface area contributed by atoms with Crippen LogP contribution in [-0.4, -0.2) is 18.3 Å². The van der Waals surface area contributed by atoms with Gasteiger partial charge in [0.05, 0.1) is 12.4 Å². The number of ether oxygens (including phenoxy) is 1. The van der Waals surface area contributed by atoms with Crippen molar-refractivity contribution in [3.8, 4) is 5.75 Å². The Bertz CT molecular complexity index is 368. The Balaban J connectivity index is 2.85. The van der Waals surface area contributed by atoms with Crippen LogP contribution in [0.3, 0.4) is 0 Å². The molecular weight excluding hydrogens is 278 g/mol. The van der Waals surface area contributed by atoms with E-state index in [1.54, 1.807) is 26.2 Å². The predicted molar refractivity (Wildman–Crippen MR) is 67.8 cm³/mol. The van der Waals surface area contributed by atoms with E-state index in [9.17, 15) is 4.79 Å². The van der Waals surface area contributed by atoms with Gasteiger partial charge in [0.25, 0.3) is 0 Å². The fourth-order valence-corrected chi connectivity index (χ4v) is 1.54. The lowest BCUT2D eigenvalue weighted by Gasteiger charge is -2.09. The molecule has 0 fully saturated rings. The zero-order valence-electron chi connectivity index (χ0n) is 8.45. The van der Waals surface area contributed by atoms with Crippen LogP contribution in [0.25, 0.3) is 0 Å². The number of hydrogen-bond acceptors (Lipinski definition) is 3. The van der Waals surface area contributed by atoms with Gasteiger partial charge in [-0.1, -0.05) is 15.9 Å². The molecule has 1 amide bonds. The van der Waals surface area contributed by atoms with Gasteiger partial charge in [-0.3, -0.25) is 4.79 Å². The molecule has 5 heteroatoms. The van der Waals surface area contributed by atoms with E-state index in [2.05, 4.69) is 33.9 Å². The number of benzene rings is 1. The van der Waals surface area contributed by atoms with E-state index in [1.165, 1.54) is 0 Å². The number of carbonyl (C=O) groups excluding carboxylic acids is 1. The highest BCUT2D eigenvalue weighted by Gasteiger charge is 2.08. The second-order valence-electron chi connectivity index (χ2n) is 3.04. The number of thiol groups is 1. The smallest absolute Gasteiger partial charge is 0.236 e. The van der Waals surface area contributed by atoms with Crippen LogP contribution < -0.4 is 10.1 Å². The molecule has 1 atom stereocenters. The maximum absolute atomic E-state index is 11.4. The molecule has 1 aromatic rings. The van der Waals surface area contributed by atoms with Gasteiger partial charge >= 0.3 is 0 Å². The summed E-state index contributed by atoms with van der Waals surface area (Å²) in [6.45, 7) is 1.72. The lowest BCUT2D eigenvalue weighted by atomic mass is 10.3. The van der Waals surface area contributed by atoms with Gasteiger partial charge in [0, 0.05) is 16.2 Å². The number of amides is 1. The molecule has 0 heterocycles. The molecule has 3 nitrogen and oxygen atoms in total. The highest BCUT2D eigenvalue weighted by Crippen LogP contribution is 2.24. The normalized spacial score (nSPS) is 12.0. The van der Waals surface area contributed by atoms with E-state index in [-0.39, 0.29) is 11.2 Å². The summed E-state index contributed by atoms with van der Waals surface area (Å²) in [6.07, 6.45) is 0. The highest BCUT2D eigenvalue weighted by molar-refractivity contribution is 9.10. The second-order valence-corrected chi connectivity index (χ2v) is 4.74. The third kappa shape index (κ3) is 3.76. The van der Waals surface area contributed by atoms with Gasteiger partial charge in [-0.05, 0) is 19.1 Å². The van der Waals surface area contributed by atoms with Gasteiger partial charge in [0.15, 0.2) is 0 Å². The average Bonchev–Trinajstić information content (AvgIpc) is 2.16. The number of halogens is 1. The Hall–Kier alpha value is -0.680. The van der Waals surface area contributed by atoms with Crippen LogP contribution in [0.15, 0.2) is 22.7 Å². The number of carbonyl (C=O) groups is 1. The maximum atomic E-state index is 11.4. The summed E-state index contributed by atoms with van der Waals surface area (Å²) in [4.78, 5) is 11.4. The number of anilines is 1. The van der Waals surface area contributed by atoms with Crippen molar-refractivity contribution < 1.29 is 9.53 Å².